The van der Waals surface area contributed by atoms with Crippen molar-refractivity contribution in [3.8, 4) is 0 Å². The fourth-order valence-corrected chi connectivity index (χ4v) is 1.29. The van der Waals surface area contributed by atoms with Crippen LogP contribution in [0.5, 0.6) is 0 Å². The Bertz CT molecular complexity index is 336. The summed E-state index contributed by atoms with van der Waals surface area (Å²) in [6.07, 6.45) is 3.17. The molecule has 0 bridgehead atoms. The zero-order valence-corrected chi connectivity index (χ0v) is 9.59. The van der Waals surface area contributed by atoms with Gasteiger partial charge in [0, 0.05) is 12.2 Å². The van der Waals surface area contributed by atoms with Gasteiger partial charge < -0.3 is 5.32 Å². The summed E-state index contributed by atoms with van der Waals surface area (Å²) >= 11 is 0. The number of hydrogen-bond acceptors (Lipinski definition) is 1. The third-order valence-corrected chi connectivity index (χ3v) is 2.42. The molecule has 1 aromatic carbocycles. The maximum absolute atomic E-state index is 3.90. The molecule has 0 saturated carbocycles. The van der Waals surface area contributed by atoms with Crippen LogP contribution in [0.1, 0.15) is 25.8 Å². The van der Waals surface area contributed by atoms with Gasteiger partial charge in [-0.1, -0.05) is 49.9 Å². The topological polar surface area (TPSA) is 12.0 Å². The number of allylic oxidation sites excluding steroid dienone is 2. The van der Waals surface area contributed by atoms with Gasteiger partial charge in [0.2, 0.25) is 0 Å². The van der Waals surface area contributed by atoms with Crippen molar-refractivity contribution >= 4 is 5.57 Å². The first kappa shape index (κ1) is 11.6. The fraction of sp³-hybridized carbons (Fsp3) is 0.286. The van der Waals surface area contributed by atoms with E-state index in [1.165, 1.54) is 11.1 Å². The van der Waals surface area contributed by atoms with Crippen molar-refractivity contribution in [2.45, 2.75) is 20.3 Å². The zero-order chi connectivity index (χ0) is 11.1. The standard InChI is InChI=1S/C14H19N/c1-4-13(3)15-11-10-12(2)14-8-6-5-7-9-14/h5-10,15H,3-4,11H2,1-2H3/b12-10+. The lowest BCUT2D eigenvalue weighted by atomic mass is 10.1. The Balaban J connectivity index is 2.50. The van der Waals surface area contributed by atoms with Crippen LogP contribution < -0.4 is 5.32 Å². The van der Waals surface area contributed by atoms with Crippen LogP contribution in [0.15, 0.2) is 48.7 Å². The van der Waals surface area contributed by atoms with Gasteiger partial charge in [-0.3, -0.25) is 0 Å². The molecule has 0 aliphatic carbocycles. The van der Waals surface area contributed by atoms with Crippen molar-refractivity contribution in [1.29, 1.82) is 0 Å². The number of hydrogen-bond donors (Lipinski definition) is 1. The second-order valence-electron chi connectivity index (χ2n) is 3.59. The van der Waals surface area contributed by atoms with Crippen LogP contribution in [-0.2, 0) is 0 Å². The average Bonchev–Trinajstić information content (AvgIpc) is 2.29. The molecule has 0 radical (unpaired) electrons. The molecule has 0 aromatic heterocycles. The van der Waals surface area contributed by atoms with E-state index >= 15 is 0 Å². The summed E-state index contributed by atoms with van der Waals surface area (Å²) in [7, 11) is 0. The van der Waals surface area contributed by atoms with Crippen LogP contribution >= 0.6 is 0 Å². The maximum Gasteiger partial charge on any atom is 0.0333 e. The molecule has 0 fully saturated rings. The Morgan fingerprint density at radius 2 is 2.00 bits per heavy atom. The lowest BCUT2D eigenvalue weighted by molar-refractivity contribution is 0.850. The summed E-state index contributed by atoms with van der Waals surface area (Å²) in [4.78, 5) is 0. The average molecular weight is 201 g/mol. The van der Waals surface area contributed by atoms with E-state index in [4.69, 9.17) is 0 Å². The first-order valence-electron chi connectivity index (χ1n) is 5.38. The number of nitrogens with one attached hydrogen (secondary N) is 1. The van der Waals surface area contributed by atoms with Gasteiger partial charge in [-0.05, 0) is 24.5 Å². The Morgan fingerprint density at radius 1 is 1.33 bits per heavy atom. The monoisotopic (exact) mass is 201 g/mol. The van der Waals surface area contributed by atoms with Crippen LogP contribution in [-0.4, -0.2) is 6.54 Å². The van der Waals surface area contributed by atoms with Gasteiger partial charge >= 0.3 is 0 Å². The number of rotatable bonds is 5. The van der Waals surface area contributed by atoms with E-state index in [-0.39, 0.29) is 0 Å². The van der Waals surface area contributed by atoms with Gasteiger partial charge in [0.25, 0.3) is 0 Å². The van der Waals surface area contributed by atoms with Crippen molar-refractivity contribution in [1.82, 2.24) is 5.32 Å². The summed E-state index contributed by atoms with van der Waals surface area (Å²) in [6.45, 7) is 8.99. The molecule has 0 atom stereocenters. The Morgan fingerprint density at radius 3 is 2.60 bits per heavy atom. The lowest BCUT2D eigenvalue weighted by Gasteiger charge is -2.05. The lowest BCUT2D eigenvalue weighted by Crippen LogP contribution is -2.11. The minimum Gasteiger partial charge on any atom is -0.385 e. The van der Waals surface area contributed by atoms with E-state index in [0.29, 0.717) is 0 Å². The molecular weight excluding hydrogens is 182 g/mol. The summed E-state index contributed by atoms with van der Waals surface area (Å²) < 4.78 is 0. The second-order valence-corrected chi connectivity index (χ2v) is 3.59. The molecule has 1 N–H and O–H groups in total. The molecule has 0 unspecified atom stereocenters. The molecule has 0 amide bonds. The van der Waals surface area contributed by atoms with Crippen LogP contribution in [0.2, 0.25) is 0 Å². The third kappa shape index (κ3) is 4.03. The molecule has 1 rings (SSSR count). The minimum absolute atomic E-state index is 0.855. The molecule has 15 heavy (non-hydrogen) atoms. The van der Waals surface area contributed by atoms with Crippen LogP contribution in [0.3, 0.4) is 0 Å². The molecule has 80 valence electrons. The quantitative estimate of drug-likeness (QED) is 0.767. The Hall–Kier alpha value is -1.50. The van der Waals surface area contributed by atoms with Crippen LogP contribution in [0, 0.1) is 0 Å². The van der Waals surface area contributed by atoms with E-state index < -0.39 is 0 Å². The molecule has 1 aromatic rings. The summed E-state index contributed by atoms with van der Waals surface area (Å²) in [5.74, 6) is 0. The molecule has 0 aliphatic heterocycles. The minimum atomic E-state index is 0.855. The fourth-order valence-electron chi connectivity index (χ4n) is 1.29. The van der Waals surface area contributed by atoms with E-state index in [9.17, 15) is 0 Å². The van der Waals surface area contributed by atoms with E-state index in [2.05, 4.69) is 56.1 Å². The van der Waals surface area contributed by atoms with Crippen molar-refractivity contribution < 1.29 is 0 Å². The van der Waals surface area contributed by atoms with E-state index in [1.54, 1.807) is 0 Å². The van der Waals surface area contributed by atoms with Gasteiger partial charge in [0.15, 0.2) is 0 Å². The maximum atomic E-state index is 3.90. The summed E-state index contributed by atoms with van der Waals surface area (Å²) in [5.41, 5.74) is 3.67. The highest BCUT2D eigenvalue weighted by Crippen LogP contribution is 2.11. The molecule has 0 aliphatic rings. The van der Waals surface area contributed by atoms with Crippen LogP contribution in [0.25, 0.3) is 5.57 Å². The van der Waals surface area contributed by atoms with Crippen molar-refractivity contribution in [2.75, 3.05) is 6.54 Å². The Kier molecular flexibility index (Phi) is 4.69. The molecule has 1 nitrogen and oxygen atoms in total. The molecule has 0 heterocycles. The smallest absolute Gasteiger partial charge is 0.0333 e. The normalized spacial score (nSPS) is 11.2. The molecule has 0 saturated heterocycles. The SMILES string of the molecule is C=C(CC)NC/C=C(\C)c1ccccc1. The van der Waals surface area contributed by atoms with Crippen LogP contribution in [0.4, 0.5) is 0 Å². The van der Waals surface area contributed by atoms with E-state index in [0.717, 1.165) is 18.7 Å². The summed E-state index contributed by atoms with van der Waals surface area (Å²) in [5, 5.41) is 3.26. The first-order valence-corrected chi connectivity index (χ1v) is 5.38. The first-order chi connectivity index (χ1) is 7.24. The van der Waals surface area contributed by atoms with Gasteiger partial charge in [0.05, 0.1) is 0 Å². The highest BCUT2D eigenvalue weighted by Gasteiger charge is 1.92. The highest BCUT2D eigenvalue weighted by molar-refractivity contribution is 5.63. The third-order valence-electron chi connectivity index (χ3n) is 2.42. The molecule has 0 spiro atoms. The van der Waals surface area contributed by atoms with Gasteiger partial charge in [0.1, 0.15) is 0 Å². The summed E-state index contributed by atoms with van der Waals surface area (Å²) in [6, 6.07) is 10.4. The Labute approximate surface area is 92.5 Å². The van der Waals surface area contributed by atoms with Crippen molar-refractivity contribution in [3.63, 3.8) is 0 Å². The van der Waals surface area contributed by atoms with Gasteiger partial charge in [-0.15, -0.1) is 0 Å². The van der Waals surface area contributed by atoms with Crippen molar-refractivity contribution in [3.05, 3.63) is 54.2 Å². The molecular formula is C14H19N. The largest absolute Gasteiger partial charge is 0.385 e. The van der Waals surface area contributed by atoms with Gasteiger partial charge in [-0.2, -0.15) is 0 Å². The van der Waals surface area contributed by atoms with E-state index in [1.807, 2.05) is 6.07 Å². The number of benzene rings is 1. The van der Waals surface area contributed by atoms with Crippen molar-refractivity contribution in [2.24, 2.45) is 0 Å². The van der Waals surface area contributed by atoms with Gasteiger partial charge in [-0.25, -0.2) is 0 Å². The second kappa shape index (κ2) is 6.07. The predicted molar refractivity (Wildman–Crippen MR) is 67.5 cm³/mol. The predicted octanol–water partition coefficient (Wildman–Crippen LogP) is 3.60. The zero-order valence-electron chi connectivity index (χ0n) is 9.59. The molecule has 1 heteroatoms. The highest BCUT2D eigenvalue weighted by atomic mass is 14.9.